The van der Waals surface area contributed by atoms with Gasteiger partial charge in [-0.15, -0.1) is 11.3 Å². The zero-order valence-electron chi connectivity index (χ0n) is 21.5. The molecule has 1 aliphatic carbocycles. The van der Waals surface area contributed by atoms with Crippen LogP contribution in [-0.4, -0.2) is 18.9 Å². The number of thiazole rings is 1. The Kier molecular flexibility index (Phi) is 6.72. The summed E-state index contributed by atoms with van der Waals surface area (Å²) in [6.07, 6.45) is 3.29. The van der Waals surface area contributed by atoms with Crippen LogP contribution in [0.4, 0.5) is 11.4 Å². The number of nitro benzene ring substituents is 1. The number of hydrogen-bond donors (Lipinski definition) is 0. The van der Waals surface area contributed by atoms with Gasteiger partial charge < -0.3 is 4.57 Å². The number of non-ortho nitro benzene ring substituents is 1. The van der Waals surface area contributed by atoms with Crippen LogP contribution in [0.25, 0.3) is 16.9 Å². The van der Waals surface area contributed by atoms with E-state index < -0.39 is 0 Å². The molecule has 0 bridgehead atoms. The maximum absolute atomic E-state index is 13.6. The normalized spacial score (nSPS) is 20.3. The molecular formula is C28H31N5O3S. The number of benzene rings is 2. The molecule has 192 valence electrons. The first-order valence-electron chi connectivity index (χ1n) is 12.6. The van der Waals surface area contributed by atoms with Crippen molar-refractivity contribution < 1.29 is 4.92 Å². The predicted molar refractivity (Wildman–Crippen MR) is 147 cm³/mol. The minimum atomic E-state index is -0.365. The van der Waals surface area contributed by atoms with Crippen LogP contribution in [0, 0.1) is 28.9 Å². The Morgan fingerprint density at radius 3 is 2.57 bits per heavy atom. The van der Waals surface area contributed by atoms with E-state index in [9.17, 15) is 14.9 Å². The second-order valence-electron chi connectivity index (χ2n) is 9.94. The van der Waals surface area contributed by atoms with E-state index in [1.807, 2.05) is 60.4 Å². The fourth-order valence-corrected chi connectivity index (χ4v) is 6.37. The van der Waals surface area contributed by atoms with Gasteiger partial charge >= 0.3 is 0 Å². The lowest BCUT2D eigenvalue weighted by Gasteiger charge is -2.36. The third-order valence-corrected chi connectivity index (χ3v) is 8.66. The number of rotatable bonds is 5. The summed E-state index contributed by atoms with van der Waals surface area (Å²) in [7, 11) is 1.87. The minimum absolute atomic E-state index is 0.0588. The molecule has 2 aromatic carbocycles. The number of nitrogens with zero attached hydrogens (tertiary/aromatic N) is 5. The van der Waals surface area contributed by atoms with Gasteiger partial charge in [-0.2, -0.15) is 0 Å². The van der Waals surface area contributed by atoms with E-state index in [0.29, 0.717) is 17.5 Å². The molecule has 3 unspecified atom stereocenters. The molecule has 8 nitrogen and oxygen atoms in total. The van der Waals surface area contributed by atoms with E-state index in [-0.39, 0.29) is 22.2 Å². The van der Waals surface area contributed by atoms with Gasteiger partial charge in [0.05, 0.1) is 22.0 Å². The first-order valence-corrected chi connectivity index (χ1v) is 13.5. The molecule has 9 heteroatoms. The Bertz CT molecular complexity index is 1580. The summed E-state index contributed by atoms with van der Waals surface area (Å²) in [4.78, 5) is 30.4. The molecule has 3 atom stereocenters. The van der Waals surface area contributed by atoms with Crippen molar-refractivity contribution in [2.45, 2.75) is 46.1 Å². The zero-order chi connectivity index (χ0) is 26.3. The molecule has 0 amide bonds. The highest BCUT2D eigenvalue weighted by atomic mass is 32.1. The minimum Gasteiger partial charge on any atom is -0.313 e. The highest BCUT2D eigenvalue weighted by Gasteiger charge is 2.31. The van der Waals surface area contributed by atoms with E-state index in [1.54, 1.807) is 16.8 Å². The van der Waals surface area contributed by atoms with E-state index in [1.165, 1.54) is 23.8 Å². The molecule has 37 heavy (non-hydrogen) atoms. The van der Waals surface area contributed by atoms with E-state index >= 15 is 0 Å². The number of hydrogen-bond acceptors (Lipinski definition) is 5. The summed E-state index contributed by atoms with van der Waals surface area (Å²) in [6.45, 7) is 6.47. The molecule has 0 aliphatic heterocycles. The average Bonchev–Trinajstić information content (AvgIpc) is 3.40. The van der Waals surface area contributed by atoms with Crippen molar-refractivity contribution in [2.24, 2.45) is 23.9 Å². The Morgan fingerprint density at radius 2 is 1.84 bits per heavy atom. The van der Waals surface area contributed by atoms with Gasteiger partial charge in [-0.05, 0) is 37.3 Å². The zero-order valence-corrected chi connectivity index (χ0v) is 22.3. The summed E-state index contributed by atoms with van der Waals surface area (Å²) >= 11 is 1.47. The molecular weight excluding hydrogens is 486 g/mol. The van der Waals surface area contributed by atoms with Crippen molar-refractivity contribution >= 4 is 22.7 Å². The third-order valence-electron chi connectivity index (χ3n) is 7.82. The highest BCUT2D eigenvalue weighted by Crippen LogP contribution is 2.40. The fraction of sp³-hybridized carbons (Fsp3) is 0.357. The first-order chi connectivity index (χ1) is 17.8. The van der Waals surface area contributed by atoms with E-state index in [4.69, 9.17) is 4.99 Å². The summed E-state index contributed by atoms with van der Waals surface area (Å²) in [5.74, 6) is 0.948. The number of nitro groups is 1. The van der Waals surface area contributed by atoms with Crippen LogP contribution >= 0.6 is 11.3 Å². The Labute approximate surface area is 219 Å². The maximum atomic E-state index is 13.6. The van der Waals surface area contributed by atoms with Gasteiger partial charge in [0.25, 0.3) is 11.2 Å². The van der Waals surface area contributed by atoms with Gasteiger partial charge in [0.1, 0.15) is 0 Å². The molecule has 0 spiro atoms. The van der Waals surface area contributed by atoms with Crippen molar-refractivity contribution in [1.82, 2.24) is 13.9 Å². The molecule has 1 saturated carbocycles. The molecule has 5 rings (SSSR count). The predicted octanol–water partition coefficient (Wildman–Crippen LogP) is 6.15. The molecule has 0 N–H and O–H groups in total. The SMILES string of the molecule is Cc1c(N=c2scc(-c3cccc([N+](=O)[O-])c3)n2C2CCCC(C)C2C)c(=O)n(-c2ccccc2)n1C. The van der Waals surface area contributed by atoms with Crippen molar-refractivity contribution in [3.05, 3.63) is 90.9 Å². The largest absolute Gasteiger partial charge is 0.313 e. The van der Waals surface area contributed by atoms with Crippen LogP contribution in [0.5, 0.6) is 0 Å². The van der Waals surface area contributed by atoms with Gasteiger partial charge in [0, 0.05) is 36.2 Å². The quantitative estimate of drug-likeness (QED) is 0.235. The van der Waals surface area contributed by atoms with Crippen molar-refractivity contribution in [3.63, 3.8) is 0 Å². The molecule has 4 aromatic rings. The van der Waals surface area contributed by atoms with Gasteiger partial charge in [0.15, 0.2) is 10.5 Å². The molecule has 0 radical (unpaired) electrons. The summed E-state index contributed by atoms with van der Waals surface area (Å²) in [6, 6.07) is 16.5. The van der Waals surface area contributed by atoms with E-state index in [0.717, 1.165) is 40.3 Å². The molecule has 2 aromatic heterocycles. The van der Waals surface area contributed by atoms with Crippen LogP contribution in [-0.2, 0) is 7.05 Å². The third kappa shape index (κ3) is 4.48. The van der Waals surface area contributed by atoms with Crippen LogP contribution in [0.2, 0.25) is 0 Å². The summed E-state index contributed by atoms with van der Waals surface area (Å²) in [5, 5.41) is 13.5. The lowest BCUT2D eigenvalue weighted by Crippen LogP contribution is -2.32. The van der Waals surface area contributed by atoms with Crippen LogP contribution < -0.4 is 10.4 Å². The monoisotopic (exact) mass is 517 g/mol. The molecule has 1 fully saturated rings. The molecule has 1 aliphatic rings. The van der Waals surface area contributed by atoms with Gasteiger partial charge in [-0.1, -0.05) is 57.0 Å². The molecule has 0 saturated heterocycles. The van der Waals surface area contributed by atoms with Crippen LogP contribution in [0.3, 0.4) is 0 Å². The van der Waals surface area contributed by atoms with Gasteiger partial charge in [-0.25, -0.2) is 9.67 Å². The Hall–Kier alpha value is -3.72. The van der Waals surface area contributed by atoms with Crippen molar-refractivity contribution in [1.29, 1.82) is 0 Å². The van der Waals surface area contributed by atoms with Crippen molar-refractivity contribution in [2.75, 3.05) is 0 Å². The molecule has 2 heterocycles. The standard InChI is InChI=1S/C28H31N5O3S/c1-18-10-8-15-24(19(18)2)31-25(21-11-9-14-23(16-21)33(35)36)17-37-28(31)29-26-20(3)30(4)32(27(26)34)22-12-6-5-7-13-22/h5-7,9,11-14,16-19,24H,8,10,15H2,1-4H3. The smallest absolute Gasteiger partial charge is 0.297 e. The lowest BCUT2D eigenvalue weighted by atomic mass is 9.78. The Balaban J connectivity index is 1.73. The average molecular weight is 518 g/mol. The number of para-hydroxylation sites is 1. The van der Waals surface area contributed by atoms with Gasteiger partial charge in [-0.3, -0.25) is 19.6 Å². The second-order valence-corrected chi connectivity index (χ2v) is 10.8. The second kappa shape index (κ2) is 9.97. The fourth-order valence-electron chi connectivity index (χ4n) is 5.41. The first kappa shape index (κ1) is 25.0. The number of aromatic nitrogens is 3. The van der Waals surface area contributed by atoms with Gasteiger partial charge in [0.2, 0.25) is 0 Å². The maximum Gasteiger partial charge on any atom is 0.297 e. The summed E-state index contributed by atoms with van der Waals surface area (Å²) in [5.41, 5.74) is 3.53. The lowest BCUT2D eigenvalue weighted by molar-refractivity contribution is -0.384. The Morgan fingerprint density at radius 1 is 1.08 bits per heavy atom. The highest BCUT2D eigenvalue weighted by molar-refractivity contribution is 7.07. The van der Waals surface area contributed by atoms with E-state index in [2.05, 4.69) is 18.4 Å². The summed E-state index contributed by atoms with van der Waals surface area (Å²) < 4.78 is 5.70. The van der Waals surface area contributed by atoms with Crippen LogP contribution in [0.1, 0.15) is 44.8 Å². The van der Waals surface area contributed by atoms with Crippen LogP contribution in [0.15, 0.2) is 69.8 Å². The van der Waals surface area contributed by atoms with Crippen molar-refractivity contribution in [3.8, 4) is 16.9 Å². The topological polar surface area (TPSA) is 87.4 Å².